The molecule has 0 saturated heterocycles. The molecule has 0 unspecified atom stereocenters. The van der Waals surface area contributed by atoms with Crippen LogP contribution < -0.4 is 9.62 Å². The maximum absolute atomic E-state index is 14.2. The lowest BCUT2D eigenvalue weighted by molar-refractivity contribution is -0.140. The van der Waals surface area contributed by atoms with E-state index in [2.05, 4.69) is 5.32 Å². The summed E-state index contributed by atoms with van der Waals surface area (Å²) in [6.45, 7) is 7.78. The molecule has 9 heteroatoms. The van der Waals surface area contributed by atoms with Gasteiger partial charge in [0.25, 0.3) is 10.0 Å². The molecule has 0 fully saturated rings. The minimum absolute atomic E-state index is 0.0616. The normalized spacial score (nSPS) is 12.0. The van der Waals surface area contributed by atoms with E-state index in [9.17, 15) is 18.0 Å². The first-order valence-corrected chi connectivity index (χ1v) is 15.9. The Morgan fingerprint density at radius 3 is 2.15 bits per heavy atom. The van der Waals surface area contributed by atoms with E-state index < -0.39 is 28.5 Å². The number of halogens is 1. The number of amides is 2. The molecule has 0 aromatic heterocycles. The number of hydrogen-bond donors (Lipinski definition) is 1. The summed E-state index contributed by atoms with van der Waals surface area (Å²) in [5.41, 5.74) is 2.82. The molecule has 0 radical (unpaired) electrons. The van der Waals surface area contributed by atoms with Crippen LogP contribution in [-0.4, -0.2) is 44.3 Å². The molecule has 0 bridgehead atoms. The second kappa shape index (κ2) is 15.0. The van der Waals surface area contributed by atoms with Crippen LogP contribution in [0.15, 0.2) is 77.7 Å². The summed E-state index contributed by atoms with van der Waals surface area (Å²) in [5.74, 6) is -0.771. The molecule has 3 rings (SSSR count). The van der Waals surface area contributed by atoms with Crippen LogP contribution in [0.1, 0.15) is 56.7 Å². The van der Waals surface area contributed by atoms with Crippen molar-refractivity contribution in [3.05, 3.63) is 94.5 Å². The van der Waals surface area contributed by atoms with Crippen LogP contribution in [0.25, 0.3) is 0 Å². The zero-order chi connectivity index (χ0) is 30.0. The number of para-hydroxylation sites is 1. The van der Waals surface area contributed by atoms with Gasteiger partial charge in [0.05, 0.1) is 10.6 Å². The average molecular weight is 598 g/mol. The molecule has 0 aliphatic rings. The number of aryl methyl sites for hydroxylation is 2. The second-order valence-electron chi connectivity index (χ2n) is 9.99. The van der Waals surface area contributed by atoms with Gasteiger partial charge in [0.1, 0.15) is 12.6 Å². The molecule has 220 valence electrons. The van der Waals surface area contributed by atoms with E-state index in [4.69, 9.17) is 11.6 Å². The summed E-state index contributed by atoms with van der Waals surface area (Å²) >= 11 is 6.46. The molecule has 0 heterocycles. The highest BCUT2D eigenvalue weighted by atomic mass is 35.5. The van der Waals surface area contributed by atoms with Gasteiger partial charge in [0, 0.05) is 18.1 Å². The van der Waals surface area contributed by atoms with Crippen molar-refractivity contribution >= 4 is 39.1 Å². The maximum atomic E-state index is 14.2. The number of nitrogens with one attached hydrogen (secondary N) is 1. The lowest BCUT2D eigenvalue weighted by Crippen LogP contribution is -2.52. The van der Waals surface area contributed by atoms with E-state index in [1.54, 1.807) is 54.6 Å². The van der Waals surface area contributed by atoms with Crippen molar-refractivity contribution in [1.82, 2.24) is 10.2 Å². The van der Waals surface area contributed by atoms with Gasteiger partial charge >= 0.3 is 0 Å². The van der Waals surface area contributed by atoms with E-state index in [-0.39, 0.29) is 17.3 Å². The minimum atomic E-state index is -4.12. The fourth-order valence-electron chi connectivity index (χ4n) is 4.64. The molecular formula is C32H40ClN3O4S. The average Bonchev–Trinajstić information content (AvgIpc) is 2.97. The highest BCUT2D eigenvalue weighted by Gasteiger charge is 2.34. The molecule has 1 atom stereocenters. The SMILES string of the molecule is CCCCNC(=O)[C@H](CC)N(Cc1ccccc1Cl)C(=O)CN(c1ccccc1CC)S(=O)(=O)c1ccc(C)cc1. The van der Waals surface area contributed by atoms with Gasteiger partial charge in [-0.1, -0.05) is 92.9 Å². The summed E-state index contributed by atoms with van der Waals surface area (Å²) in [7, 11) is -4.12. The van der Waals surface area contributed by atoms with Gasteiger partial charge in [-0.15, -0.1) is 0 Å². The first kappa shape index (κ1) is 32.2. The number of unbranched alkanes of at least 4 members (excludes halogenated alkanes) is 1. The number of carbonyl (C=O) groups excluding carboxylic acids is 2. The zero-order valence-electron chi connectivity index (χ0n) is 24.3. The molecular weight excluding hydrogens is 558 g/mol. The number of carbonyl (C=O) groups is 2. The monoisotopic (exact) mass is 597 g/mol. The van der Waals surface area contributed by atoms with Gasteiger partial charge in [-0.2, -0.15) is 0 Å². The van der Waals surface area contributed by atoms with E-state index in [0.29, 0.717) is 35.7 Å². The van der Waals surface area contributed by atoms with Crippen LogP contribution >= 0.6 is 11.6 Å². The second-order valence-corrected chi connectivity index (χ2v) is 12.3. The summed E-state index contributed by atoms with van der Waals surface area (Å²) in [6, 6.07) is 20.1. The fraction of sp³-hybridized carbons (Fsp3) is 0.375. The number of nitrogens with zero attached hydrogens (tertiary/aromatic N) is 2. The Kier molecular flexibility index (Phi) is 11.8. The van der Waals surface area contributed by atoms with Crippen molar-refractivity contribution in [2.75, 3.05) is 17.4 Å². The van der Waals surface area contributed by atoms with Gasteiger partial charge in [-0.05, 0) is 61.6 Å². The molecule has 41 heavy (non-hydrogen) atoms. The number of sulfonamides is 1. The maximum Gasteiger partial charge on any atom is 0.264 e. The number of hydrogen-bond acceptors (Lipinski definition) is 4. The molecule has 3 aromatic carbocycles. The Labute approximate surface area is 249 Å². The number of anilines is 1. The lowest BCUT2D eigenvalue weighted by Gasteiger charge is -2.34. The number of benzene rings is 3. The van der Waals surface area contributed by atoms with Gasteiger partial charge in [0.15, 0.2) is 0 Å². The Balaban J connectivity index is 2.08. The van der Waals surface area contributed by atoms with Crippen LogP contribution in [0.2, 0.25) is 5.02 Å². The molecule has 7 nitrogen and oxygen atoms in total. The third kappa shape index (κ3) is 8.11. The molecule has 2 amide bonds. The first-order chi connectivity index (χ1) is 19.6. The Morgan fingerprint density at radius 1 is 0.902 bits per heavy atom. The summed E-state index contributed by atoms with van der Waals surface area (Å²) in [5, 5.41) is 3.40. The van der Waals surface area contributed by atoms with Crippen molar-refractivity contribution in [2.45, 2.75) is 70.9 Å². The third-order valence-corrected chi connectivity index (χ3v) is 9.19. The zero-order valence-corrected chi connectivity index (χ0v) is 25.8. The Bertz CT molecular complexity index is 1430. The van der Waals surface area contributed by atoms with Gasteiger partial charge < -0.3 is 10.2 Å². The van der Waals surface area contributed by atoms with E-state index in [0.717, 1.165) is 24.0 Å². The summed E-state index contributed by atoms with van der Waals surface area (Å²) in [4.78, 5) is 29.1. The van der Waals surface area contributed by atoms with Crippen molar-refractivity contribution < 1.29 is 18.0 Å². The first-order valence-electron chi connectivity index (χ1n) is 14.1. The van der Waals surface area contributed by atoms with Gasteiger partial charge in [-0.25, -0.2) is 8.42 Å². The topological polar surface area (TPSA) is 86.8 Å². The van der Waals surface area contributed by atoms with Crippen molar-refractivity contribution in [3.8, 4) is 0 Å². The molecule has 0 spiro atoms. The summed E-state index contributed by atoms with van der Waals surface area (Å²) in [6.07, 6.45) is 2.66. The van der Waals surface area contributed by atoms with E-state index in [1.165, 1.54) is 9.21 Å². The standard InChI is InChI=1S/C32H40ClN3O4S/c1-5-8-21-34-32(38)29(7-3)35(22-26-14-9-11-15-28(26)33)31(37)23-36(30-16-12-10-13-25(30)6-2)41(39,40)27-19-17-24(4)18-20-27/h9-20,29H,5-8,21-23H2,1-4H3,(H,34,38)/t29-/m0/s1. The largest absolute Gasteiger partial charge is 0.354 e. The smallest absolute Gasteiger partial charge is 0.264 e. The van der Waals surface area contributed by atoms with Crippen LogP contribution in [0.3, 0.4) is 0 Å². The molecule has 0 saturated carbocycles. The van der Waals surface area contributed by atoms with Gasteiger partial charge in [-0.3, -0.25) is 13.9 Å². The highest BCUT2D eigenvalue weighted by molar-refractivity contribution is 7.92. The predicted molar refractivity (Wildman–Crippen MR) is 166 cm³/mol. The van der Waals surface area contributed by atoms with Gasteiger partial charge in [0.2, 0.25) is 11.8 Å². The summed E-state index contributed by atoms with van der Waals surface area (Å²) < 4.78 is 29.3. The van der Waals surface area contributed by atoms with E-state index in [1.807, 2.05) is 45.9 Å². The van der Waals surface area contributed by atoms with Crippen molar-refractivity contribution in [3.63, 3.8) is 0 Å². The molecule has 3 aromatic rings. The minimum Gasteiger partial charge on any atom is -0.354 e. The van der Waals surface area contributed by atoms with E-state index >= 15 is 0 Å². The Morgan fingerprint density at radius 2 is 1.54 bits per heavy atom. The highest BCUT2D eigenvalue weighted by Crippen LogP contribution is 2.29. The van der Waals surface area contributed by atoms with Crippen molar-refractivity contribution in [1.29, 1.82) is 0 Å². The number of rotatable bonds is 14. The quantitative estimate of drug-likeness (QED) is 0.227. The van der Waals surface area contributed by atoms with Crippen LogP contribution in [0.5, 0.6) is 0 Å². The molecule has 0 aliphatic carbocycles. The molecule has 1 N–H and O–H groups in total. The van der Waals surface area contributed by atoms with Crippen LogP contribution in [0.4, 0.5) is 5.69 Å². The predicted octanol–water partition coefficient (Wildman–Crippen LogP) is 6.13. The third-order valence-electron chi connectivity index (χ3n) is 7.04. The lowest BCUT2D eigenvalue weighted by atomic mass is 10.1. The van der Waals surface area contributed by atoms with Crippen molar-refractivity contribution in [2.24, 2.45) is 0 Å². The fourth-order valence-corrected chi connectivity index (χ4v) is 6.29. The van der Waals surface area contributed by atoms with Crippen LogP contribution in [0, 0.1) is 6.92 Å². The van der Waals surface area contributed by atoms with Crippen LogP contribution in [-0.2, 0) is 32.6 Å². The molecule has 0 aliphatic heterocycles. The Hall–Kier alpha value is -3.36.